The number of fused-ring (bicyclic) bond motifs is 1. The third-order valence-corrected chi connectivity index (χ3v) is 4.03. The first-order chi connectivity index (χ1) is 8.17. The molecule has 2 heterocycles. The number of thiophene rings is 1. The Bertz CT molecular complexity index is 504. The van der Waals surface area contributed by atoms with Gasteiger partial charge in [0.15, 0.2) is 5.82 Å². The van der Waals surface area contributed by atoms with E-state index < -0.39 is 0 Å². The second-order valence-electron chi connectivity index (χ2n) is 4.12. The number of nitrogen functional groups attached to an aromatic ring is 1. The van der Waals surface area contributed by atoms with Gasteiger partial charge in [-0.25, -0.2) is 4.98 Å². The SMILES string of the molecule is CCC(CC)N(C)c1nc(N)nc2ccsc12. The van der Waals surface area contributed by atoms with Crippen molar-refractivity contribution in [3.8, 4) is 0 Å². The van der Waals surface area contributed by atoms with Crippen LogP contribution in [0, 0.1) is 0 Å². The number of nitrogens with zero attached hydrogens (tertiary/aromatic N) is 3. The van der Waals surface area contributed by atoms with Gasteiger partial charge in [-0.1, -0.05) is 13.8 Å². The zero-order valence-corrected chi connectivity index (χ0v) is 11.3. The predicted molar refractivity (Wildman–Crippen MR) is 74.6 cm³/mol. The maximum atomic E-state index is 5.76. The summed E-state index contributed by atoms with van der Waals surface area (Å²) in [5.74, 6) is 1.31. The molecule has 0 unspecified atom stereocenters. The highest BCUT2D eigenvalue weighted by Crippen LogP contribution is 2.30. The molecule has 2 aromatic heterocycles. The topological polar surface area (TPSA) is 55.0 Å². The van der Waals surface area contributed by atoms with Gasteiger partial charge in [-0.3, -0.25) is 0 Å². The first-order valence-electron chi connectivity index (χ1n) is 5.90. The molecular weight excluding hydrogens is 232 g/mol. The van der Waals surface area contributed by atoms with Gasteiger partial charge in [-0.15, -0.1) is 11.3 Å². The second-order valence-corrected chi connectivity index (χ2v) is 5.04. The van der Waals surface area contributed by atoms with Crippen LogP contribution >= 0.6 is 11.3 Å². The summed E-state index contributed by atoms with van der Waals surface area (Å²) in [7, 11) is 2.08. The van der Waals surface area contributed by atoms with E-state index >= 15 is 0 Å². The van der Waals surface area contributed by atoms with Gasteiger partial charge in [0.2, 0.25) is 5.95 Å². The number of nitrogens with two attached hydrogens (primary N) is 1. The first-order valence-corrected chi connectivity index (χ1v) is 6.78. The van der Waals surface area contributed by atoms with Crippen LogP contribution in [0.1, 0.15) is 26.7 Å². The van der Waals surface area contributed by atoms with E-state index in [4.69, 9.17) is 5.73 Å². The third-order valence-electron chi connectivity index (χ3n) is 3.13. The molecule has 0 amide bonds. The molecule has 2 rings (SSSR count). The maximum absolute atomic E-state index is 5.76. The zero-order valence-electron chi connectivity index (χ0n) is 10.5. The van der Waals surface area contributed by atoms with Crippen LogP contribution in [0.15, 0.2) is 11.4 Å². The molecule has 2 aromatic rings. The van der Waals surface area contributed by atoms with E-state index in [9.17, 15) is 0 Å². The monoisotopic (exact) mass is 250 g/mol. The van der Waals surface area contributed by atoms with E-state index in [-0.39, 0.29) is 0 Å². The van der Waals surface area contributed by atoms with Crippen LogP contribution in [0.25, 0.3) is 10.2 Å². The van der Waals surface area contributed by atoms with Gasteiger partial charge in [-0.2, -0.15) is 4.98 Å². The predicted octanol–water partition coefficient (Wildman–Crippen LogP) is 2.90. The second kappa shape index (κ2) is 4.87. The highest BCUT2D eigenvalue weighted by atomic mass is 32.1. The van der Waals surface area contributed by atoms with Crippen LogP contribution in [-0.4, -0.2) is 23.1 Å². The fraction of sp³-hybridized carbons (Fsp3) is 0.500. The Labute approximate surface area is 105 Å². The van der Waals surface area contributed by atoms with Crippen molar-refractivity contribution in [3.63, 3.8) is 0 Å². The average molecular weight is 250 g/mol. The minimum atomic E-state index is 0.351. The maximum Gasteiger partial charge on any atom is 0.222 e. The minimum absolute atomic E-state index is 0.351. The summed E-state index contributed by atoms with van der Waals surface area (Å²) in [6.45, 7) is 4.39. The largest absolute Gasteiger partial charge is 0.368 e. The molecule has 0 saturated heterocycles. The van der Waals surface area contributed by atoms with Crippen molar-refractivity contribution in [3.05, 3.63) is 11.4 Å². The molecule has 2 N–H and O–H groups in total. The molecule has 0 spiro atoms. The molecule has 0 radical (unpaired) electrons. The van der Waals surface area contributed by atoms with Gasteiger partial charge in [0.25, 0.3) is 0 Å². The Kier molecular flexibility index (Phi) is 3.47. The molecule has 5 heteroatoms. The number of rotatable bonds is 4. The van der Waals surface area contributed by atoms with E-state index in [1.165, 1.54) is 0 Å². The molecular formula is C12H18N4S. The molecule has 17 heavy (non-hydrogen) atoms. The smallest absolute Gasteiger partial charge is 0.222 e. The molecule has 0 aliphatic rings. The van der Waals surface area contributed by atoms with E-state index in [1.54, 1.807) is 11.3 Å². The van der Waals surface area contributed by atoms with E-state index in [2.05, 4.69) is 35.8 Å². The quantitative estimate of drug-likeness (QED) is 0.906. The highest BCUT2D eigenvalue weighted by molar-refractivity contribution is 7.17. The van der Waals surface area contributed by atoms with Crippen LogP contribution < -0.4 is 10.6 Å². The van der Waals surface area contributed by atoms with Crippen LogP contribution in [0.3, 0.4) is 0 Å². The molecule has 0 aliphatic heterocycles. The summed E-state index contributed by atoms with van der Waals surface area (Å²) >= 11 is 1.67. The molecule has 0 atom stereocenters. The Balaban J connectivity index is 2.49. The van der Waals surface area contributed by atoms with Crippen molar-refractivity contribution >= 4 is 33.3 Å². The Morgan fingerprint density at radius 3 is 2.71 bits per heavy atom. The Hall–Kier alpha value is -1.36. The molecule has 0 aromatic carbocycles. The van der Waals surface area contributed by atoms with Gasteiger partial charge in [-0.05, 0) is 24.3 Å². The molecule has 0 fully saturated rings. The normalized spacial score (nSPS) is 11.3. The van der Waals surface area contributed by atoms with Crippen molar-refractivity contribution in [2.75, 3.05) is 17.7 Å². The molecule has 0 bridgehead atoms. The number of hydrogen-bond donors (Lipinski definition) is 1. The number of aromatic nitrogens is 2. The lowest BCUT2D eigenvalue weighted by Crippen LogP contribution is -2.31. The lowest BCUT2D eigenvalue weighted by atomic mass is 10.1. The van der Waals surface area contributed by atoms with Crippen molar-refractivity contribution in [1.82, 2.24) is 9.97 Å². The standard InChI is InChI=1S/C12H18N4S/c1-4-8(5-2)16(3)11-10-9(6-7-17-10)14-12(13)15-11/h6-8H,4-5H2,1-3H3,(H2,13,14,15). The van der Waals surface area contributed by atoms with Gasteiger partial charge in [0.1, 0.15) is 0 Å². The van der Waals surface area contributed by atoms with Crippen molar-refractivity contribution < 1.29 is 0 Å². The third kappa shape index (κ3) is 2.20. The number of hydrogen-bond acceptors (Lipinski definition) is 5. The van der Waals surface area contributed by atoms with Gasteiger partial charge >= 0.3 is 0 Å². The summed E-state index contributed by atoms with van der Waals surface area (Å²) in [4.78, 5) is 10.9. The van der Waals surface area contributed by atoms with E-state index in [0.29, 0.717) is 12.0 Å². The lowest BCUT2D eigenvalue weighted by Gasteiger charge is -2.27. The van der Waals surface area contributed by atoms with E-state index in [1.807, 2.05) is 11.4 Å². The minimum Gasteiger partial charge on any atom is -0.368 e. The summed E-state index contributed by atoms with van der Waals surface area (Å²) in [5.41, 5.74) is 6.70. The van der Waals surface area contributed by atoms with Crippen molar-refractivity contribution in [2.24, 2.45) is 0 Å². The Morgan fingerprint density at radius 1 is 1.35 bits per heavy atom. The summed E-state index contributed by atoms with van der Waals surface area (Å²) in [6, 6.07) is 2.48. The number of anilines is 2. The van der Waals surface area contributed by atoms with Crippen LogP contribution in [0.5, 0.6) is 0 Å². The Morgan fingerprint density at radius 2 is 2.06 bits per heavy atom. The fourth-order valence-electron chi connectivity index (χ4n) is 2.11. The fourth-order valence-corrected chi connectivity index (χ4v) is 2.98. The van der Waals surface area contributed by atoms with E-state index in [0.717, 1.165) is 28.9 Å². The first kappa shape index (κ1) is 12.1. The van der Waals surface area contributed by atoms with Gasteiger partial charge in [0, 0.05) is 13.1 Å². The van der Waals surface area contributed by atoms with Crippen molar-refractivity contribution in [1.29, 1.82) is 0 Å². The summed E-state index contributed by atoms with van der Waals surface area (Å²) in [5, 5.41) is 2.03. The van der Waals surface area contributed by atoms with Crippen LogP contribution in [0.4, 0.5) is 11.8 Å². The van der Waals surface area contributed by atoms with Crippen LogP contribution in [0.2, 0.25) is 0 Å². The summed E-state index contributed by atoms with van der Waals surface area (Å²) < 4.78 is 1.12. The molecule has 92 valence electrons. The average Bonchev–Trinajstić information content (AvgIpc) is 2.77. The summed E-state index contributed by atoms with van der Waals surface area (Å²) in [6.07, 6.45) is 2.20. The molecule has 4 nitrogen and oxygen atoms in total. The van der Waals surface area contributed by atoms with Crippen molar-refractivity contribution in [2.45, 2.75) is 32.7 Å². The highest BCUT2D eigenvalue weighted by Gasteiger charge is 2.17. The zero-order chi connectivity index (χ0) is 12.4. The molecule has 0 saturated carbocycles. The van der Waals surface area contributed by atoms with Crippen LogP contribution in [-0.2, 0) is 0 Å². The lowest BCUT2D eigenvalue weighted by molar-refractivity contribution is 0.588. The van der Waals surface area contributed by atoms with Gasteiger partial charge < -0.3 is 10.6 Å². The molecule has 0 aliphatic carbocycles. The van der Waals surface area contributed by atoms with Gasteiger partial charge in [0.05, 0.1) is 10.2 Å².